The van der Waals surface area contributed by atoms with E-state index < -0.39 is 25.5 Å². The van der Waals surface area contributed by atoms with Crippen molar-refractivity contribution in [2.45, 2.75) is 37.5 Å². The summed E-state index contributed by atoms with van der Waals surface area (Å²) in [6.45, 7) is 4.77. The standard InChI is InChI=1S/C15H22F2O3Si/c1-19-13-9-7-6-8-11(13)12(10-14(18)20-2)15(16,17)21(3,4)5/h6-9,12H,10H2,1-5H3. The number of methoxy groups -OCH3 is 2. The first-order valence-electron chi connectivity index (χ1n) is 6.72. The van der Waals surface area contributed by atoms with E-state index in [1.165, 1.54) is 14.2 Å². The normalized spacial score (nSPS) is 13.7. The zero-order chi connectivity index (χ0) is 16.3. The minimum absolute atomic E-state index is 0.345. The van der Waals surface area contributed by atoms with Crippen LogP contribution in [0.3, 0.4) is 0 Å². The number of carbonyl (C=O) groups excluding carboxylic acids is 1. The first-order chi connectivity index (χ1) is 9.65. The monoisotopic (exact) mass is 316 g/mol. The smallest absolute Gasteiger partial charge is 0.306 e. The van der Waals surface area contributed by atoms with Gasteiger partial charge in [0.1, 0.15) is 13.8 Å². The molecule has 0 bridgehead atoms. The van der Waals surface area contributed by atoms with E-state index in [9.17, 15) is 13.6 Å². The third-order valence-corrected chi connectivity index (χ3v) is 5.90. The zero-order valence-corrected chi connectivity index (χ0v) is 14.1. The number of carbonyl (C=O) groups is 1. The largest absolute Gasteiger partial charge is 0.496 e. The van der Waals surface area contributed by atoms with Crippen molar-refractivity contribution in [3.05, 3.63) is 29.8 Å². The summed E-state index contributed by atoms with van der Waals surface area (Å²) in [5, 5.41) is 0. The lowest BCUT2D eigenvalue weighted by atomic mass is 9.94. The first kappa shape index (κ1) is 17.6. The fourth-order valence-electron chi connectivity index (χ4n) is 2.16. The van der Waals surface area contributed by atoms with Gasteiger partial charge in [-0.15, -0.1) is 0 Å². The van der Waals surface area contributed by atoms with Gasteiger partial charge in [0.05, 0.1) is 26.6 Å². The van der Waals surface area contributed by atoms with Gasteiger partial charge in [-0.05, 0) is 6.07 Å². The molecule has 1 rings (SSSR count). The Bertz CT molecular complexity index is 498. The second-order valence-electron chi connectivity index (χ2n) is 5.95. The Kier molecular flexibility index (Phi) is 5.50. The quantitative estimate of drug-likeness (QED) is 0.590. The average molecular weight is 316 g/mol. The van der Waals surface area contributed by atoms with E-state index in [0.29, 0.717) is 11.3 Å². The van der Waals surface area contributed by atoms with Crippen LogP contribution in [0, 0.1) is 0 Å². The Morgan fingerprint density at radius 1 is 1.24 bits per heavy atom. The molecule has 1 atom stereocenters. The summed E-state index contributed by atoms with van der Waals surface area (Å²) in [5.41, 5.74) is -2.62. The van der Waals surface area contributed by atoms with E-state index in [0.717, 1.165) is 0 Å². The number of alkyl halides is 2. The van der Waals surface area contributed by atoms with Crippen molar-refractivity contribution < 1.29 is 23.0 Å². The molecule has 0 aliphatic rings. The Balaban J connectivity index is 3.35. The maximum atomic E-state index is 14.9. The first-order valence-corrected chi connectivity index (χ1v) is 10.2. The molecule has 1 unspecified atom stereocenters. The molecule has 0 fully saturated rings. The highest BCUT2D eigenvalue weighted by atomic mass is 28.3. The van der Waals surface area contributed by atoms with Crippen LogP contribution in [0.4, 0.5) is 8.78 Å². The average Bonchev–Trinajstić information content (AvgIpc) is 2.43. The Labute approximate surface area is 125 Å². The summed E-state index contributed by atoms with van der Waals surface area (Å²) >= 11 is 0. The maximum Gasteiger partial charge on any atom is 0.306 e. The van der Waals surface area contributed by atoms with Crippen LogP contribution in [0.2, 0.25) is 19.6 Å². The van der Waals surface area contributed by atoms with Gasteiger partial charge in [-0.1, -0.05) is 37.8 Å². The minimum atomic E-state index is -2.96. The lowest BCUT2D eigenvalue weighted by Gasteiger charge is -2.36. The van der Waals surface area contributed by atoms with E-state index in [4.69, 9.17) is 4.74 Å². The molecule has 1 aromatic rings. The summed E-state index contributed by atoms with van der Waals surface area (Å²) in [6.07, 6.45) is -0.367. The van der Waals surface area contributed by atoms with Gasteiger partial charge in [-0.2, -0.15) is 0 Å². The highest BCUT2D eigenvalue weighted by Crippen LogP contribution is 2.45. The molecule has 0 aliphatic heterocycles. The molecule has 0 saturated carbocycles. The number of hydrogen-bond donors (Lipinski definition) is 0. The van der Waals surface area contributed by atoms with Gasteiger partial charge in [0.2, 0.25) is 5.55 Å². The van der Waals surface area contributed by atoms with Crippen LogP contribution >= 0.6 is 0 Å². The van der Waals surface area contributed by atoms with Gasteiger partial charge in [0.25, 0.3) is 0 Å². The molecule has 0 aliphatic carbocycles. The van der Waals surface area contributed by atoms with Gasteiger partial charge in [0.15, 0.2) is 0 Å². The Hall–Kier alpha value is -1.43. The van der Waals surface area contributed by atoms with Crippen LogP contribution < -0.4 is 4.74 Å². The summed E-state index contributed by atoms with van der Waals surface area (Å²) in [4.78, 5) is 11.6. The van der Waals surface area contributed by atoms with Gasteiger partial charge in [-0.3, -0.25) is 4.79 Å². The molecule has 0 aromatic heterocycles. The predicted octanol–water partition coefficient (Wildman–Crippen LogP) is 3.85. The molecule has 21 heavy (non-hydrogen) atoms. The van der Waals surface area contributed by atoms with Crippen molar-refractivity contribution in [3.63, 3.8) is 0 Å². The van der Waals surface area contributed by atoms with Crippen LogP contribution in [0.5, 0.6) is 5.75 Å². The van der Waals surface area contributed by atoms with Gasteiger partial charge in [0, 0.05) is 5.56 Å². The topological polar surface area (TPSA) is 35.5 Å². The maximum absolute atomic E-state index is 14.9. The number of rotatable bonds is 6. The van der Waals surface area contributed by atoms with Crippen molar-refractivity contribution in [2.75, 3.05) is 14.2 Å². The highest BCUT2D eigenvalue weighted by molar-refractivity contribution is 6.78. The third-order valence-electron chi connectivity index (χ3n) is 3.55. The molecule has 0 spiro atoms. The summed E-state index contributed by atoms with van der Waals surface area (Å²) < 4.78 is 39.5. The molecule has 1 aromatic carbocycles. The molecule has 0 radical (unpaired) electrons. The summed E-state index contributed by atoms with van der Waals surface area (Å²) in [6, 6.07) is 6.59. The molecular weight excluding hydrogens is 294 g/mol. The van der Waals surface area contributed by atoms with Gasteiger partial charge < -0.3 is 9.47 Å². The van der Waals surface area contributed by atoms with Crippen molar-refractivity contribution in [2.24, 2.45) is 0 Å². The van der Waals surface area contributed by atoms with Crippen molar-refractivity contribution in [3.8, 4) is 5.75 Å². The van der Waals surface area contributed by atoms with Crippen LogP contribution in [-0.4, -0.2) is 33.8 Å². The van der Waals surface area contributed by atoms with Crippen molar-refractivity contribution >= 4 is 14.0 Å². The molecular formula is C15H22F2O3Si. The number of halogens is 2. The second kappa shape index (κ2) is 6.55. The fraction of sp³-hybridized carbons (Fsp3) is 0.533. The third kappa shape index (κ3) is 3.81. The molecule has 118 valence electrons. The SMILES string of the molecule is COC(=O)CC(c1ccccc1OC)C(F)(F)[Si](C)(C)C. The number of esters is 1. The predicted molar refractivity (Wildman–Crippen MR) is 80.7 cm³/mol. The van der Waals surface area contributed by atoms with E-state index in [1.54, 1.807) is 43.9 Å². The Morgan fingerprint density at radius 3 is 2.29 bits per heavy atom. The molecule has 0 saturated heterocycles. The lowest BCUT2D eigenvalue weighted by Crippen LogP contribution is -2.50. The fourth-order valence-corrected chi connectivity index (χ4v) is 3.46. The number of hydrogen-bond acceptors (Lipinski definition) is 3. The van der Waals surface area contributed by atoms with Crippen LogP contribution in [0.1, 0.15) is 17.9 Å². The summed E-state index contributed by atoms with van der Waals surface area (Å²) in [7, 11) is -0.209. The summed E-state index contributed by atoms with van der Waals surface area (Å²) in [5.74, 6) is -1.53. The van der Waals surface area contributed by atoms with Crippen molar-refractivity contribution in [1.29, 1.82) is 0 Å². The molecule has 0 amide bonds. The van der Waals surface area contributed by atoms with Crippen LogP contribution in [-0.2, 0) is 9.53 Å². The second-order valence-corrected chi connectivity index (χ2v) is 11.1. The van der Waals surface area contributed by atoms with Gasteiger partial charge >= 0.3 is 5.97 Å². The zero-order valence-electron chi connectivity index (χ0n) is 13.1. The van der Waals surface area contributed by atoms with E-state index in [-0.39, 0.29) is 6.42 Å². The Morgan fingerprint density at radius 2 is 1.81 bits per heavy atom. The molecule has 3 nitrogen and oxygen atoms in total. The van der Waals surface area contributed by atoms with Crippen molar-refractivity contribution in [1.82, 2.24) is 0 Å². The molecule has 0 heterocycles. The lowest BCUT2D eigenvalue weighted by molar-refractivity contribution is -0.142. The van der Waals surface area contributed by atoms with E-state index in [1.807, 2.05) is 0 Å². The number of ether oxygens (including phenoxy) is 2. The molecule has 6 heteroatoms. The van der Waals surface area contributed by atoms with E-state index in [2.05, 4.69) is 4.74 Å². The van der Waals surface area contributed by atoms with Crippen LogP contribution in [0.25, 0.3) is 0 Å². The number of benzene rings is 1. The molecule has 0 N–H and O–H groups in total. The van der Waals surface area contributed by atoms with Crippen LogP contribution in [0.15, 0.2) is 24.3 Å². The van der Waals surface area contributed by atoms with E-state index >= 15 is 0 Å². The number of para-hydroxylation sites is 1. The minimum Gasteiger partial charge on any atom is -0.496 e. The highest BCUT2D eigenvalue weighted by Gasteiger charge is 2.52. The van der Waals surface area contributed by atoms with Gasteiger partial charge in [-0.25, -0.2) is 8.78 Å².